The van der Waals surface area contributed by atoms with Crippen molar-refractivity contribution in [2.24, 2.45) is 5.41 Å². The number of hydrogen-bond acceptors (Lipinski definition) is 2. The molecular formula is C8H13NO2. The fraction of sp³-hybridized carbons (Fsp3) is 0.750. The van der Waals surface area contributed by atoms with Crippen LogP contribution in [0.5, 0.6) is 0 Å². The van der Waals surface area contributed by atoms with Crippen LogP contribution in [0.1, 0.15) is 20.3 Å². The van der Waals surface area contributed by atoms with E-state index < -0.39 is 0 Å². The maximum Gasteiger partial charge on any atom is 0.209 e. The van der Waals surface area contributed by atoms with Crippen LogP contribution in [0.4, 0.5) is 0 Å². The number of amides is 1. The summed E-state index contributed by atoms with van der Waals surface area (Å²) in [5.74, 6) is 0.260. The van der Waals surface area contributed by atoms with Crippen LogP contribution in [-0.2, 0) is 9.59 Å². The number of rotatable bonds is 1. The zero-order valence-electron chi connectivity index (χ0n) is 6.96. The summed E-state index contributed by atoms with van der Waals surface area (Å²) in [6, 6.07) is 0. The summed E-state index contributed by atoms with van der Waals surface area (Å²) in [5.41, 5.74) is -0.334. The average molecular weight is 155 g/mol. The summed E-state index contributed by atoms with van der Waals surface area (Å²) < 4.78 is 0. The predicted octanol–water partition coefficient (Wildman–Crippen LogP) is 0.444. The Kier molecular flexibility index (Phi) is 1.98. The number of piperidine rings is 1. The molecule has 1 aliphatic rings. The van der Waals surface area contributed by atoms with E-state index >= 15 is 0 Å². The molecular weight excluding hydrogens is 142 g/mol. The molecule has 0 saturated carbocycles. The molecule has 1 rings (SSSR count). The van der Waals surface area contributed by atoms with Crippen LogP contribution >= 0.6 is 0 Å². The van der Waals surface area contributed by atoms with Crippen molar-refractivity contribution in [2.45, 2.75) is 20.3 Å². The molecule has 1 saturated heterocycles. The molecule has 0 aliphatic carbocycles. The predicted molar refractivity (Wildman–Crippen MR) is 41.0 cm³/mol. The van der Waals surface area contributed by atoms with Gasteiger partial charge in [0.15, 0.2) is 0 Å². The highest BCUT2D eigenvalue weighted by Crippen LogP contribution is 2.23. The van der Waals surface area contributed by atoms with Crippen LogP contribution in [0.25, 0.3) is 0 Å². The van der Waals surface area contributed by atoms with E-state index in [1.165, 1.54) is 0 Å². The molecule has 1 heterocycles. The van der Waals surface area contributed by atoms with Crippen molar-refractivity contribution in [3.63, 3.8) is 0 Å². The maximum atomic E-state index is 11.2. The van der Waals surface area contributed by atoms with Gasteiger partial charge in [0.05, 0.1) is 0 Å². The van der Waals surface area contributed by atoms with Crippen molar-refractivity contribution in [1.29, 1.82) is 0 Å². The van der Waals surface area contributed by atoms with E-state index in [1.54, 1.807) is 4.90 Å². The number of nitrogens with zero attached hydrogens (tertiary/aromatic N) is 1. The molecule has 11 heavy (non-hydrogen) atoms. The van der Waals surface area contributed by atoms with E-state index in [0.717, 1.165) is 6.41 Å². The monoisotopic (exact) mass is 155 g/mol. The minimum Gasteiger partial charge on any atom is -0.344 e. The molecule has 1 aliphatic heterocycles. The van der Waals surface area contributed by atoms with Gasteiger partial charge in [-0.25, -0.2) is 0 Å². The van der Waals surface area contributed by atoms with E-state index in [0.29, 0.717) is 19.5 Å². The summed E-state index contributed by atoms with van der Waals surface area (Å²) >= 11 is 0. The van der Waals surface area contributed by atoms with Crippen LogP contribution in [0, 0.1) is 5.41 Å². The third kappa shape index (κ3) is 1.59. The first-order valence-electron chi connectivity index (χ1n) is 3.79. The average Bonchev–Trinajstić information content (AvgIpc) is 1.95. The SMILES string of the molecule is CC1(C)CN(C=O)CCC1=O. The lowest BCUT2D eigenvalue weighted by Gasteiger charge is -2.34. The zero-order chi connectivity index (χ0) is 8.48. The van der Waals surface area contributed by atoms with Gasteiger partial charge >= 0.3 is 0 Å². The lowest BCUT2D eigenvalue weighted by atomic mass is 9.83. The molecule has 0 unspecified atom stereocenters. The number of Topliss-reactive ketones (excluding diaryl/α,β-unsaturated/α-hetero) is 1. The molecule has 0 bridgehead atoms. The number of hydrogen-bond donors (Lipinski definition) is 0. The second-order valence-corrected chi connectivity index (χ2v) is 3.63. The van der Waals surface area contributed by atoms with Crippen molar-refractivity contribution in [2.75, 3.05) is 13.1 Å². The molecule has 3 heteroatoms. The normalized spacial score (nSPS) is 23.5. The Hall–Kier alpha value is -0.860. The van der Waals surface area contributed by atoms with E-state index in [4.69, 9.17) is 0 Å². The number of carbonyl (C=O) groups is 2. The fourth-order valence-corrected chi connectivity index (χ4v) is 1.35. The number of ketones is 1. The van der Waals surface area contributed by atoms with E-state index in [9.17, 15) is 9.59 Å². The van der Waals surface area contributed by atoms with Crippen LogP contribution in [0.2, 0.25) is 0 Å². The standard InChI is InChI=1S/C8H13NO2/c1-8(2)5-9(6-10)4-3-7(8)11/h6H,3-5H2,1-2H3. The van der Waals surface area contributed by atoms with Crippen LogP contribution < -0.4 is 0 Å². The Labute approximate surface area is 66.4 Å². The van der Waals surface area contributed by atoms with E-state index in [2.05, 4.69) is 0 Å². The van der Waals surface area contributed by atoms with Crippen LogP contribution in [0.3, 0.4) is 0 Å². The second-order valence-electron chi connectivity index (χ2n) is 3.63. The molecule has 0 radical (unpaired) electrons. The molecule has 0 aromatic heterocycles. The zero-order valence-corrected chi connectivity index (χ0v) is 6.96. The molecule has 0 aromatic rings. The van der Waals surface area contributed by atoms with Gasteiger partial charge in [-0.05, 0) is 0 Å². The number of carbonyl (C=O) groups excluding carboxylic acids is 2. The molecule has 62 valence electrons. The van der Waals surface area contributed by atoms with E-state index in [-0.39, 0.29) is 11.2 Å². The van der Waals surface area contributed by atoms with Gasteiger partial charge in [0.2, 0.25) is 6.41 Å². The Morgan fingerprint density at radius 1 is 1.55 bits per heavy atom. The molecule has 0 N–H and O–H groups in total. The second kappa shape index (κ2) is 2.64. The van der Waals surface area contributed by atoms with Crippen molar-refractivity contribution in [3.8, 4) is 0 Å². The fourth-order valence-electron chi connectivity index (χ4n) is 1.35. The molecule has 1 fully saturated rings. The highest BCUT2D eigenvalue weighted by Gasteiger charge is 2.33. The smallest absolute Gasteiger partial charge is 0.209 e. The molecule has 0 spiro atoms. The first-order chi connectivity index (χ1) is 5.06. The first kappa shape index (κ1) is 8.24. The van der Waals surface area contributed by atoms with Crippen LogP contribution in [-0.4, -0.2) is 30.2 Å². The highest BCUT2D eigenvalue weighted by atomic mass is 16.1. The lowest BCUT2D eigenvalue weighted by molar-refractivity contribution is -0.135. The van der Waals surface area contributed by atoms with Gasteiger partial charge in [0.25, 0.3) is 0 Å². The summed E-state index contributed by atoms with van der Waals surface area (Å²) in [6.07, 6.45) is 1.32. The highest BCUT2D eigenvalue weighted by molar-refractivity contribution is 5.85. The first-order valence-corrected chi connectivity index (χ1v) is 3.79. The molecule has 1 amide bonds. The van der Waals surface area contributed by atoms with Crippen molar-refractivity contribution >= 4 is 12.2 Å². The van der Waals surface area contributed by atoms with Gasteiger partial charge < -0.3 is 4.90 Å². The van der Waals surface area contributed by atoms with E-state index in [1.807, 2.05) is 13.8 Å². The van der Waals surface area contributed by atoms with Crippen LogP contribution in [0.15, 0.2) is 0 Å². The van der Waals surface area contributed by atoms with Gasteiger partial charge in [-0.1, -0.05) is 13.8 Å². The lowest BCUT2D eigenvalue weighted by Crippen LogP contribution is -2.45. The number of likely N-dealkylation sites (tertiary alicyclic amines) is 1. The topological polar surface area (TPSA) is 37.4 Å². The Balaban J connectivity index is 2.66. The molecule has 0 atom stereocenters. The minimum absolute atomic E-state index is 0.260. The quantitative estimate of drug-likeness (QED) is 0.515. The Morgan fingerprint density at radius 3 is 2.64 bits per heavy atom. The van der Waals surface area contributed by atoms with Gasteiger partial charge in [0, 0.05) is 24.9 Å². The largest absolute Gasteiger partial charge is 0.344 e. The summed E-state index contributed by atoms with van der Waals surface area (Å²) in [7, 11) is 0. The Bertz CT molecular complexity index is 187. The maximum absolute atomic E-state index is 11.2. The van der Waals surface area contributed by atoms with Crippen molar-refractivity contribution in [1.82, 2.24) is 4.90 Å². The van der Waals surface area contributed by atoms with Crippen molar-refractivity contribution in [3.05, 3.63) is 0 Å². The van der Waals surface area contributed by atoms with Gasteiger partial charge in [-0.15, -0.1) is 0 Å². The summed E-state index contributed by atoms with van der Waals surface area (Å²) in [5, 5.41) is 0. The summed E-state index contributed by atoms with van der Waals surface area (Å²) in [6.45, 7) is 4.91. The van der Waals surface area contributed by atoms with Gasteiger partial charge in [-0.3, -0.25) is 9.59 Å². The third-order valence-electron chi connectivity index (χ3n) is 2.13. The van der Waals surface area contributed by atoms with Crippen molar-refractivity contribution < 1.29 is 9.59 Å². The van der Waals surface area contributed by atoms with Gasteiger partial charge in [0.1, 0.15) is 5.78 Å². The minimum atomic E-state index is -0.334. The van der Waals surface area contributed by atoms with Gasteiger partial charge in [-0.2, -0.15) is 0 Å². The molecule has 0 aromatic carbocycles. The summed E-state index contributed by atoms with van der Waals surface area (Å²) in [4.78, 5) is 23.3. The third-order valence-corrected chi connectivity index (χ3v) is 2.13. The molecule has 3 nitrogen and oxygen atoms in total. The Morgan fingerprint density at radius 2 is 2.18 bits per heavy atom.